The number of hydrogen-bond acceptors (Lipinski definition) is 3. The normalized spacial score (nSPS) is 12.3. The van der Waals surface area contributed by atoms with E-state index >= 15 is 0 Å². The van der Waals surface area contributed by atoms with Crippen LogP contribution >= 0.6 is 24.0 Å². The summed E-state index contributed by atoms with van der Waals surface area (Å²) in [5.41, 5.74) is 1.82. The highest BCUT2D eigenvalue weighted by Crippen LogP contribution is 2.36. The molecule has 3 aromatic carbocycles. The van der Waals surface area contributed by atoms with E-state index in [1.54, 1.807) is 6.07 Å². The predicted octanol–water partition coefficient (Wildman–Crippen LogP) is 7.39. The third-order valence-electron chi connectivity index (χ3n) is 5.87. The summed E-state index contributed by atoms with van der Waals surface area (Å²) < 4.78 is 46.0. The maximum Gasteiger partial charge on any atom is 0.417 e. The number of rotatable bonds is 12. The summed E-state index contributed by atoms with van der Waals surface area (Å²) in [5.74, 6) is 0.929. The molecule has 0 aliphatic carbocycles. The van der Waals surface area contributed by atoms with Crippen LogP contribution in [0.15, 0.2) is 72.8 Å². The van der Waals surface area contributed by atoms with Crippen molar-refractivity contribution in [2.75, 3.05) is 26.3 Å². The van der Waals surface area contributed by atoms with Crippen LogP contribution in [-0.4, -0.2) is 36.3 Å². The Bertz CT molecular complexity index is 1060. The van der Waals surface area contributed by atoms with Crippen LogP contribution in [0.25, 0.3) is 0 Å². The van der Waals surface area contributed by atoms with Gasteiger partial charge in [-0.25, -0.2) is 0 Å². The van der Waals surface area contributed by atoms with Gasteiger partial charge in [0.05, 0.1) is 17.2 Å². The largest absolute Gasteiger partial charge is 0.494 e. The number of hydrogen-bond donors (Lipinski definition) is 1. The summed E-state index contributed by atoms with van der Waals surface area (Å²) >= 11 is 6.18. The number of aliphatic hydroxyl groups excluding tert-OH is 1. The molecule has 36 heavy (non-hydrogen) atoms. The maximum atomic E-state index is 13.4. The lowest BCUT2D eigenvalue weighted by molar-refractivity contribution is -0.137. The van der Waals surface area contributed by atoms with Gasteiger partial charge in [0, 0.05) is 26.2 Å². The third kappa shape index (κ3) is 9.00. The summed E-state index contributed by atoms with van der Waals surface area (Å²) in [6.07, 6.45) is -3.23. The van der Waals surface area contributed by atoms with Crippen LogP contribution in [0.3, 0.4) is 0 Å². The van der Waals surface area contributed by atoms with E-state index in [2.05, 4.69) is 24.0 Å². The van der Waals surface area contributed by atoms with Crippen molar-refractivity contribution in [2.24, 2.45) is 0 Å². The molecule has 0 saturated carbocycles. The SMILES string of the molecule is CC(CN(CCCOc1cccc(CCO)c1)Cc1cccc(C(F)(F)F)c1Cl)c1ccccc1.Cl. The Morgan fingerprint density at radius 3 is 2.42 bits per heavy atom. The van der Waals surface area contributed by atoms with Crippen molar-refractivity contribution in [3.8, 4) is 5.75 Å². The van der Waals surface area contributed by atoms with Crippen molar-refractivity contribution in [2.45, 2.75) is 38.4 Å². The van der Waals surface area contributed by atoms with Crippen LogP contribution in [0, 0.1) is 0 Å². The molecular weight excluding hydrogens is 510 g/mol. The Labute approximate surface area is 222 Å². The molecule has 3 nitrogen and oxygen atoms in total. The highest BCUT2D eigenvalue weighted by molar-refractivity contribution is 6.32. The van der Waals surface area contributed by atoms with Gasteiger partial charge in [0.25, 0.3) is 0 Å². The summed E-state index contributed by atoms with van der Waals surface area (Å²) in [6.45, 7) is 4.28. The van der Waals surface area contributed by atoms with E-state index in [9.17, 15) is 13.2 Å². The van der Waals surface area contributed by atoms with Gasteiger partial charge in [-0.3, -0.25) is 4.90 Å². The first-order valence-corrected chi connectivity index (χ1v) is 12.1. The molecule has 3 rings (SSSR count). The summed E-state index contributed by atoms with van der Waals surface area (Å²) in [4.78, 5) is 2.13. The zero-order valence-corrected chi connectivity index (χ0v) is 21.8. The van der Waals surface area contributed by atoms with Crippen LogP contribution in [-0.2, 0) is 19.1 Å². The summed E-state index contributed by atoms with van der Waals surface area (Å²) in [6, 6.07) is 21.7. The standard InChI is InChI=1S/C28H31ClF3NO2.ClH/c1-21(23-9-3-2-4-10-23)19-33(20-24-11-6-13-26(27(24)29)28(30,31)32)15-7-17-35-25-12-5-8-22(18-25)14-16-34;/h2-6,8-13,18,21,34H,7,14-17,19-20H2,1H3;1H. The number of halogens is 5. The predicted molar refractivity (Wildman–Crippen MR) is 141 cm³/mol. The molecule has 0 aromatic heterocycles. The quantitative estimate of drug-likeness (QED) is 0.242. The van der Waals surface area contributed by atoms with Gasteiger partial charge in [-0.05, 0) is 53.6 Å². The number of nitrogens with zero attached hydrogens (tertiary/aromatic N) is 1. The first-order valence-electron chi connectivity index (χ1n) is 11.7. The van der Waals surface area contributed by atoms with Crippen LogP contribution in [0.5, 0.6) is 5.75 Å². The zero-order chi connectivity index (χ0) is 25.3. The average molecular weight is 542 g/mol. The highest BCUT2D eigenvalue weighted by Gasteiger charge is 2.34. The molecule has 0 amide bonds. The molecular formula is C28H32Cl2F3NO2. The second-order valence-corrected chi connectivity index (χ2v) is 9.02. The number of ether oxygens (including phenoxy) is 1. The van der Waals surface area contributed by atoms with E-state index in [4.69, 9.17) is 21.4 Å². The van der Waals surface area contributed by atoms with E-state index in [0.29, 0.717) is 44.6 Å². The van der Waals surface area contributed by atoms with Crippen molar-refractivity contribution in [1.82, 2.24) is 4.90 Å². The van der Waals surface area contributed by atoms with Gasteiger partial charge in [0.2, 0.25) is 0 Å². The van der Waals surface area contributed by atoms with Crippen molar-refractivity contribution in [1.29, 1.82) is 0 Å². The minimum Gasteiger partial charge on any atom is -0.494 e. The van der Waals surface area contributed by atoms with Crippen molar-refractivity contribution >= 4 is 24.0 Å². The van der Waals surface area contributed by atoms with Gasteiger partial charge >= 0.3 is 6.18 Å². The molecule has 0 spiro atoms. The van der Waals surface area contributed by atoms with E-state index in [0.717, 1.165) is 17.4 Å². The number of alkyl halides is 3. The molecule has 1 atom stereocenters. The maximum absolute atomic E-state index is 13.4. The zero-order valence-electron chi connectivity index (χ0n) is 20.2. The molecule has 0 aliphatic heterocycles. The molecule has 0 fully saturated rings. The molecule has 0 saturated heterocycles. The minimum atomic E-state index is -4.49. The lowest BCUT2D eigenvalue weighted by Crippen LogP contribution is -2.30. The van der Waals surface area contributed by atoms with Crippen molar-refractivity contribution in [3.63, 3.8) is 0 Å². The minimum absolute atomic E-state index is 0. The van der Waals surface area contributed by atoms with Gasteiger partial charge in [-0.1, -0.05) is 73.1 Å². The monoisotopic (exact) mass is 541 g/mol. The lowest BCUT2D eigenvalue weighted by atomic mass is 10.00. The molecule has 0 radical (unpaired) electrons. The van der Waals surface area contributed by atoms with E-state index in [-0.39, 0.29) is 30.0 Å². The first-order chi connectivity index (χ1) is 16.8. The smallest absolute Gasteiger partial charge is 0.417 e. The molecule has 196 valence electrons. The summed E-state index contributed by atoms with van der Waals surface area (Å²) in [5, 5.41) is 8.88. The molecule has 1 N–H and O–H groups in total. The van der Waals surface area contributed by atoms with E-state index in [1.165, 1.54) is 11.6 Å². The van der Waals surface area contributed by atoms with Crippen LogP contribution in [0.2, 0.25) is 5.02 Å². The van der Waals surface area contributed by atoms with E-state index < -0.39 is 11.7 Å². The lowest BCUT2D eigenvalue weighted by Gasteiger charge is -2.27. The van der Waals surface area contributed by atoms with Crippen molar-refractivity contribution in [3.05, 3.63) is 100 Å². The fourth-order valence-electron chi connectivity index (χ4n) is 4.07. The van der Waals surface area contributed by atoms with Gasteiger partial charge in [-0.2, -0.15) is 13.2 Å². The Kier molecular flexibility index (Phi) is 12.1. The fourth-order valence-corrected chi connectivity index (χ4v) is 4.36. The van der Waals surface area contributed by atoms with Gasteiger partial charge in [-0.15, -0.1) is 12.4 Å². The van der Waals surface area contributed by atoms with Gasteiger partial charge in [0.1, 0.15) is 5.75 Å². The Morgan fingerprint density at radius 1 is 1.00 bits per heavy atom. The molecule has 0 heterocycles. The first kappa shape index (κ1) is 30.0. The van der Waals surface area contributed by atoms with Crippen LogP contribution in [0.4, 0.5) is 13.2 Å². The Morgan fingerprint density at radius 2 is 1.72 bits per heavy atom. The Balaban J connectivity index is 0.00000456. The average Bonchev–Trinajstić information content (AvgIpc) is 2.83. The highest BCUT2D eigenvalue weighted by atomic mass is 35.5. The third-order valence-corrected chi connectivity index (χ3v) is 6.31. The van der Waals surface area contributed by atoms with E-state index in [1.807, 2.05) is 42.5 Å². The molecule has 1 unspecified atom stereocenters. The fraction of sp³-hybridized carbons (Fsp3) is 0.357. The van der Waals surface area contributed by atoms with Crippen molar-refractivity contribution < 1.29 is 23.0 Å². The molecule has 0 bridgehead atoms. The molecule has 8 heteroatoms. The molecule has 0 aliphatic rings. The second-order valence-electron chi connectivity index (χ2n) is 8.65. The topological polar surface area (TPSA) is 32.7 Å². The van der Waals surface area contributed by atoms with Gasteiger partial charge in [0.15, 0.2) is 0 Å². The second kappa shape index (κ2) is 14.5. The van der Waals surface area contributed by atoms with Gasteiger partial charge < -0.3 is 9.84 Å². The summed E-state index contributed by atoms with van der Waals surface area (Å²) in [7, 11) is 0. The van der Waals surface area contributed by atoms with Crippen LogP contribution < -0.4 is 4.74 Å². The number of aliphatic hydroxyl groups is 1. The van der Waals surface area contributed by atoms with Crippen LogP contribution in [0.1, 0.15) is 41.5 Å². The number of benzene rings is 3. The molecule has 3 aromatic rings. The Hall–Kier alpha value is -2.25.